The first-order chi connectivity index (χ1) is 9.92. The van der Waals surface area contributed by atoms with Crippen molar-refractivity contribution in [3.63, 3.8) is 0 Å². The summed E-state index contributed by atoms with van der Waals surface area (Å²) in [6, 6.07) is 5.25. The van der Waals surface area contributed by atoms with E-state index in [2.05, 4.69) is 10.2 Å². The summed E-state index contributed by atoms with van der Waals surface area (Å²) in [5, 5.41) is 19.2. The lowest BCUT2D eigenvalue weighted by atomic mass is 10.1. The zero-order chi connectivity index (χ0) is 15.6. The lowest BCUT2D eigenvalue weighted by molar-refractivity contribution is 0.282. The molecular formula is C14H13Cl3N2OS. The van der Waals surface area contributed by atoms with E-state index < -0.39 is 0 Å². The van der Waals surface area contributed by atoms with Gasteiger partial charge in [-0.05, 0) is 35.2 Å². The van der Waals surface area contributed by atoms with Gasteiger partial charge in [-0.1, -0.05) is 60.4 Å². The topological polar surface area (TPSA) is 46.0 Å². The Bertz CT molecular complexity index is 642. The van der Waals surface area contributed by atoms with E-state index in [0.717, 1.165) is 5.56 Å². The maximum Gasteiger partial charge on any atom is 0.155 e. The number of benzene rings is 1. The maximum atomic E-state index is 9.13. The first-order valence-electron chi connectivity index (χ1n) is 6.22. The van der Waals surface area contributed by atoms with Crippen LogP contribution in [0.25, 0.3) is 0 Å². The molecule has 0 spiro atoms. The number of hydrogen-bond acceptors (Lipinski definition) is 4. The second kappa shape index (κ2) is 7.16. The Labute approximate surface area is 142 Å². The van der Waals surface area contributed by atoms with Crippen molar-refractivity contribution in [3.05, 3.63) is 44.5 Å². The molecule has 1 aromatic carbocycles. The lowest BCUT2D eigenvalue weighted by Crippen LogP contribution is -1.96. The largest absolute Gasteiger partial charge is 0.392 e. The molecule has 0 aliphatic carbocycles. The molecule has 1 aromatic heterocycles. The van der Waals surface area contributed by atoms with Crippen molar-refractivity contribution in [1.82, 2.24) is 10.2 Å². The Balaban J connectivity index is 2.37. The van der Waals surface area contributed by atoms with Gasteiger partial charge in [0.05, 0.1) is 21.5 Å². The second-order valence-corrected chi connectivity index (χ2v) is 6.94. The van der Waals surface area contributed by atoms with Crippen LogP contribution in [0.5, 0.6) is 0 Å². The van der Waals surface area contributed by atoms with Crippen LogP contribution in [0.2, 0.25) is 15.2 Å². The molecule has 0 aliphatic heterocycles. The first kappa shape index (κ1) is 16.8. The highest BCUT2D eigenvalue weighted by Crippen LogP contribution is 2.39. The summed E-state index contributed by atoms with van der Waals surface area (Å²) in [5.74, 6) is 0.245. The highest BCUT2D eigenvalue weighted by atomic mass is 35.5. The van der Waals surface area contributed by atoms with Gasteiger partial charge in [-0.3, -0.25) is 0 Å². The molecular weight excluding hydrogens is 351 g/mol. The van der Waals surface area contributed by atoms with E-state index in [4.69, 9.17) is 39.9 Å². The molecule has 2 aromatic rings. The van der Waals surface area contributed by atoms with E-state index in [1.165, 1.54) is 11.8 Å². The third-order valence-electron chi connectivity index (χ3n) is 2.82. The van der Waals surface area contributed by atoms with Crippen LogP contribution in [0.4, 0.5) is 0 Å². The number of halogens is 3. The average Bonchev–Trinajstić information content (AvgIpc) is 2.43. The van der Waals surface area contributed by atoms with Crippen LogP contribution in [0.3, 0.4) is 0 Å². The first-order valence-corrected chi connectivity index (χ1v) is 8.17. The molecule has 7 heteroatoms. The van der Waals surface area contributed by atoms with Crippen molar-refractivity contribution in [2.24, 2.45) is 0 Å². The van der Waals surface area contributed by atoms with E-state index in [0.29, 0.717) is 30.7 Å². The Morgan fingerprint density at radius 3 is 2.24 bits per heavy atom. The number of aromatic nitrogens is 2. The molecule has 0 atom stereocenters. The zero-order valence-electron chi connectivity index (χ0n) is 11.4. The molecule has 1 N–H and O–H groups in total. The van der Waals surface area contributed by atoms with E-state index >= 15 is 0 Å². The van der Waals surface area contributed by atoms with Crippen molar-refractivity contribution < 1.29 is 5.11 Å². The highest BCUT2D eigenvalue weighted by molar-refractivity contribution is 7.99. The van der Waals surface area contributed by atoms with Gasteiger partial charge in [-0.15, -0.1) is 10.2 Å². The maximum absolute atomic E-state index is 9.13. The normalized spacial score (nSPS) is 11.2. The monoisotopic (exact) mass is 362 g/mol. The Morgan fingerprint density at radius 2 is 1.71 bits per heavy atom. The summed E-state index contributed by atoms with van der Waals surface area (Å²) in [6.45, 7) is 3.96. The summed E-state index contributed by atoms with van der Waals surface area (Å²) in [4.78, 5) is 0.682. The fourth-order valence-electron chi connectivity index (χ4n) is 1.73. The number of rotatable bonds is 4. The van der Waals surface area contributed by atoms with Crippen LogP contribution in [0, 0.1) is 0 Å². The van der Waals surface area contributed by atoms with Gasteiger partial charge in [0.1, 0.15) is 5.03 Å². The van der Waals surface area contributed by atoms with Crippen molar-refractivity contribution in [2.45, 2.75) is 36.3 Å². The number of nitrogens with zero attached hydrogens (tertiary/aromatic N) is 2. The van der Waals surface area contributed by atoms with Crippen LogP contribution in [-0.4, -0.2) is 15.3 Å². The Morgan fingerprint density at radius 1 is 1.10 bits per heavy atom. The van der Waals surface area contributed by atoms with Crippen molar-refractivity contribution in [1.29, 1.82) is 0 Å². The molecule has 1 heterocycles. The summed E-state index contributed by atoms with van der Waals surface area (Å²) >= 11 is 19.8. The number of hydrogen-bond donors (Lipinski definition) is 1. The lowest BCUT2D eigenvalue weighted by Gasteiger charge is -2.10. The van der Waals surface area contributed by atoms with Gasteiger partial charge in [0, 0.05) is 0 Å². The minimum atomic E-state index is -0.108. The predicted octanol–water partition coefficient (Wildman–Crippen LogP) is 5.20. The van der Waals surface area contributed by atoms with Crippen LogP contribution < -0.4 is 0 Å². The minimum absolute atomic E-state index is 0.108. The van der Waals surface area contributed by atoms with Gasteiger partial charge in [0.2, 0.25) is 0 Å². The molecule has 2 rings (SSSR count). The van der Waals surface area contributed by atoms with Gasteiger partial charge >= 0.3 is 0 Å². The molecule has 0 bridgehead atoms. The molecule has 112 valence electrons. The molecule has 21 heavy (non-hydrogen) atoms. The van der Waals surface area contributed by atoms with Gasteiger partial charge < -0.3 is 5.11 Å². The molecule has 0 fully saturated rings. The number of aliphatic hydroxyl groups is 1. The van der Waals surface area contributed by atoms with Crippen LogP contribution >= 0.6 is 46.6 Å². The number of aliphatic hydroxyl groups excluding tert-OH is 1. The average molecular weight is 364 g/mol. The molecule has 0 saturated carbocycles. The van der Waals surface area contributed by atoms with Gasteiger partial charge in [0.15, 0.2) is 5.15 Å². The summed E-state index contributed by atoms with van der Waals surface area (Å²) in [6.07, 6.45) is 0. The molecule has 0 aliphatic rings. The summed E-state index contributed by atoms with van der Waals surface area (Å²) in [5.41, 5.74) is 1.59. The Hall–Kier alpha value is -0.520. The third kappa shape index (κ3) is 4.02. The Kier molecular flexibility index (Phi) is 5.74. The SMILES string of the molecule is CC(C)c1cc(Sc2c(Cl)cc(CO)cc2Cl)nnc1Cl. The van der Waals surface area contributed by atoms with E-state index in [9.17, 15) is 0 Å². The zero-order valence-corrected chi connectivity index (χ0v) is 14.5. The molecule has 0 amide bonds. The van der Waals surface area contributed by atoms with Crippen molar-refractivity contribution >= 4 is 46.6 Å². The second-order valence-electron chi connectivity index (χ2n) is 4.73. The summed E-state index contributed by atoms with van der Waals surface area (Å²) in [7, 11) is 0. The van der Waals surface area contributed by atoms with Gasteiger partial charge in [-0.25, -0.2) is 0 Å². The molecule has 0 radical (unpaired) electrons. The standard InChI is InChI=1S/C14H13Cl3N2OS/c1-7(2)9-5-12(18-19-14(9)17)21-13-10(15)3-8(6-20)4-11(13)16/h3-5,7,20H,6H2,1-2H3. The van der Waals surface area contributed by atoms with Crippen LogP contribution in [0.15, 0.2) is 28.1 Å². The van der Waals surface area contributed by atoms with E-state index in [1.54, 1.807) is 12.1 Å². The fraction of sp³-hybridized carbons (Fsp3) is 0.286. The minimum Gasteiger partial charge on any atom is -0.392 e. The highest BCUT2D eigenvalue weighted by Gasteiger charge is 2.14. The van der Waals surface area contributed by atoms with Gasteiger partial charge in [0.25, 0.3) is 0 Å². The smallest absolute Gasteiger partial charge is 0.155 e. The predicted molar refractivity (Wildman–Crippen MR) is 87.6 cm³/mol. The van der Waals surface area contributed by atoms with Crippen LogP contribution in [-0.2, 0) is 6.61 Å². The van der Waals surface area contributed by atoms with Gasteiger partial charge in [-0.2, -0.15) is 0 Å². The van der Waals surface area contributed by atoms with Crippen molar-refractivity contribution in [3.8, 4) is 0 Å². The third-order valence-corrected chi connectivity index (χ3v) is 4.99. The van der Waals surface area contributed by atoms with Crippen molar-refractivity contribution in [2.75, 3.05) is 0 Å². The molecule has 0 saturated heterocycles. The van der Waals surface area contributed by atoms with E-state index in [1.807, 2.05) is 19.9 Å². The quantitative estimate of drug-likeness (QED) is 0.810. The molecule has 0 unspecified atom stereocenters. The fourth-order valence-corrected chi connectivity index (χ4v) is 3.60. The molecule has 3 nitrogen and oxygen atoms in total. The van der Waals surface area contributed by atoms with E-state index in [-0.39, 0.29) is 12.5 Å². The van der Waals surface area contributed by atoms with Crippen LogP contribution in [0.1, 0.15) is 30.9 Å². The summed E-state index contributed by atoms with van der Waals surface area (Å²) < 4.78 is 0.